The van der Waals surface area contributed by atoms with Gasteiger partial charge in [-0.25, -0.2) is 0 Å². The van der Waals surface area contributed by atoms with E-state index in [1.54, 1.807) is 26.0 Å². The van der Waals surface area contributed by atoms with Crippen LogP contribution in [-0.2, 0) is 44.8 Å². The molecule has 1 aromatic carbocycles. The van der Waals surface area contributed by atoms with Crippen LogP contribution in [0.4, 0.5) is 0 Å². The maximum absolute atomic E-state index is 13.2. The Kier molecular flexibility index (Phi) is 22.5. The first-order valence-corrected chi connectivity index (χ1v) is 19.6. The third kappa shape index (κ3) is 17.5. The monoisotopic (exact) mass is 833 g/mol. The molecular formula is C39H63N9O11. The van der Waals surface area contributed by atoms with Crippen molar-refractivity contribution in [3.8, 4) is 0 Å². The zero-order valence-corrected chi connectivity index (χ0v) is 35.2. The molecule has 330 valence electrons. The van der Waals surface area contributed by atoms with E-state index in [1.165, 1.54) is 27.8 Å². The number of aliphatic hydroxyl groups is 2. The molecule has 11 N–H and O–H groups in total. The van der Waals surface area contributed by atoms with Crippen molar-refractivity contribution in [1.82, 2.24) is 42.1 Å². The Morgan fingerprint density at radius 1 is 0.729 bits per heavy atom. The molecule has 0 aliphatic rings. The van der Waals surface area contributed by atoms with Gasteiger partial charge in [0, 0.05) is 19.7 Å². The number of likely N-dealkylation sites (N-methyl/N-ethyl adjacent to an activating group) is 2. The summed E-state index contributed by atoms with van der Waals surface area (Å²) in [6.07, 6.45) is 2.09. The fourth-order valence-electron chi connectivity index (χ4n) is 5.68. The van der Waals surface area contributed by atoms with E-state index >= 15 is 0 Å². The molecule has 1 rings (SSSR count). The molecule has 0 aliphatic heterocycles. The number of nitrogens with one attached hydrogen (secondary N) is 7. The number of hydrogen-bond donors (Lipinski definition) is 10. The van der Waals surface area contributed by atoms with Gasteiger partial charge in [0.15, 0.2) is 6.17 Å². The molecule has 20 nitrogen and oxygen atoms in total. The van der Waals surface area contributed by atoms with E-state index < -0.39 is 109 Å². The first-order valence-electron chi connectivity index (χ1n) is 19.6. The van der Waals surface area contributed by atoms with Gasteiger partial charge in [0.05, 0.1) is 25.3 Å². The second kappa shape index (κ2) is 25.8. The van der Waals surface area contributed by atoms with Crippen molar-refractivity contribution in [2.75, 3.05) is 27.2 Å². The van der Waals surface area contributed by atoms with Gasteiger partial charge in [-0.2, -0.15) is 0 Å². The molecule has 8 amide bonds. The second-order valence-electron chi connectivity index (χ2n) is 14.7. The summed E-state index contributed by atoms with van der Waals surface area (Å²) in [6, 6.07) is 0.198. The van der Waals surface area contributed by atoms with Gasteiger partial charge in [-0.05, 0) is 63.6 Å². The van der Waals surface area contributed by atoms with Gasteiger partial charge < -0.3 is 58.1 Å². The predicted molar refractivity (Wildman–Crippen MR) is 216 cm³/mol. The smallest absolute Gasteiger partial charge is 0.289 e. The van der Waals surface area contributed by atoms with Crippen molar-refractivity contribution in [2.45, 2.75) is 123 Å². The first-order chi connectivity index (χ1) is 27.7. The molecule has 4 unspecified atom stereocenters. The van der Waals surface area contributed by atoms with Gasteiger partial charge in [-0.15, -0.1) is 0 Å². The molecule has 0 fully saturated rings. The quantitative estimate of drug-likeness (QED) is 0.0278. The highest BCUT2D eigenvalue weighted by Crippen LogP contribution is 2.11. The highest BCUT2D eigenvalue weighted by molar-refractivity contribution is 6.38. The highest BCUT2D eigenvalue weighted by atomic mass is 16.3. The van der Waals surface area contributed by atoms with Crippen LogP contribution in [0.3, 0.4) is 0 Å². The fourth-order valence-corrected chi connectivity index (χ4v) is 5.68. The van der Waals surface area contributed by atoms with Gasteiger partial charge >= 0.3 is 0 Å². The summed E-state index contributed by atoms with van der Waals surface area (Å²) < 4.78 is 0. The van der Waals surface area contributed by atoms with Crippen LogP contribution in [0.15, 0.2) is 24.3 Å². The Labute approximate surface area is 344 Å². The SMILES string of the molecule is CCCCCCc1ccc(C(=O)N[C@H](CO)C(=O)N[C@H](C)C(=O)NCC(=O)N(C)C(C(=O)N[C@@H](N)C(=O)NC(CC(C)C)C(=O)NC(C)C(=O)C(=O)NC)C(C)O)cc1. The van der Waals surface area contributed by atoms with Gasteiger partial charge in [-0.1, -0.05) is 52.2 Å². The Hall–Kier alpha value is -5.47. The molecule has 0 radical (unpaired) electrons. The van der Waals surface area contributed by atoms with Gasteiger partial charge in [0.2, 0.25) is 35.3 Å². The molecule has 59 heavy (non-hydrogen) atoms. The van der Waals surface area contributed by atoms with Crippen LogP contribution in [0.2, 0.25) is 0 Å². The fraction of sp³-hybridized carbons (Fsp3) is 0.615. The molecule has 1 aromatic rings. The van der Waals surface area contributed by atoms with Gasteiger partial charge in [0.1, 0.15) is 24.2 Å². The van der Waals surface area contributed by atoms with E-state index in [1.807, 2.05) is 12.1 Å². The van der Waals surface area contributed by atoms with Gasteiger partial charge in [-0.3, -0.25) is 43.2 Å². The van der Waals surface area contributed by atoms with Crippen molar-refractivity contribution in [2.24, 2.45) is 11.7 Å². The normalized spacial score (nSPS) is 14.5. The summed E-state index contributed by atoms with van der Waals surface area (Å²) in [5.74, 6) is -8.01. The summed E-state index contributed by atoms with van der Waals surface area (Å²) in [5, 5.41) is 36.4. The minimum absolute atomic E-state index is 0.0908. The maximum atomic E-state index is 13.2. The second-order valence-corrected chi connectivity index (χ2v) is 14.7. The molecule has 0 saturated carbocycles. The summed E-state index contributed by atoms with van der Waals surface area (Å²) in [4.78, 5) is 115. The molecule has 0 spiro atoms. The van der Waals surface area contributed by atoms with Crippen molar-refractivity contribution < 1.29 is 53.4 Å². The number of nitrogens with two attached hydrogens (primary N) is 1. The van der Waals surface area contributed by atoms with Crippen LogP contribution in [0, 0.1) is 5.92 Å². The zero-order valence-electron chi connectivity index (χ0n) is 35.2. The average molecular weight is 834 g/mol. The van der Waals surface area contributed by atoms with Crippen LogP contribution < -0.4 is 43.0 Å². The Morgan fingerprint density at radius 2 is 1.32 bits per heavy atom. The highest BCUT2D eigenvalue weighted by Gasteiger charge is 2.35. The van der Waals surface area contributed by atoms with Crippen LogP contribution in [0.1, 0.15) is 89.6 Å². The third-order valence-electron chi connectivity index (χ3n) is 9.16. The summed E-state index contributed by atoms with van der Waals surface area (Å²) in [7, 11) is 2.41. The topological polar surface area (TPSA) is 308 Å². The van der Waals surface area contributed by atoms with E-state index in [4.69, 9.17) is 5.73 Å². The lowest BCUT2D eigenvalue weighted by molar-refractivity contribution is -0.144. The number of nitrogens with zero attached hydrogens (tertiary/aromatic N) is 1. The number of benzene rings is 1. The number of aliphatic hydroxyl groups excluding tert-OH is 2. The molecule has 0 heterocycles. The molecular weight excluding hydrogens is 770 g/mol. The van der Waals surface area contributed by atoms with Crippen molar-refractivity contribution in [3.05, 3.63) is 35.4 Å². The first kappa shape index (κ1) is 51.5. The molecule has 0 aliphatic carbocycles. The zero-order chi connectivity index (χ0) is 45.0. The summed E-state index contributed by atoms with van der Waals surface area (Å²) >= 11 is 0. The number of aryl methyl sites for hydroxylation is 1. The van der Waals surface area contributed by atoms with Crippen LogP contribution >= 0.6 is 0 Å². The standard InChI is InChI=1S/C39H63N9O11/c1-9-10-11-12-13-25-14-16-26(17-15-25)34(54)46-28(20-49)36(56)44-23(5)33(53)42-19-29(51)48(8)30(24(6)50)37(57)47-32(40)39(59)45-27(18-21(2)3)35(55)43-22(4)31(52)38(58)41-7/h14-17,21-24,27-28,30,32,49-50H,9-13,18-20,40H2,1-8H3,(H,41,58)(H,42,53)(H,43,55)(H,44,56)(H,45,59)(H,46,54)(H,47,57)/t22?,23-,24?,27?,28-,30?,32-/m1/s1. The third-order valence-corrected chi connectivity index (χ3v) is 9.16. The minimum Gasteiger partial charge on any atom is -0.394 e. The van der Waals surface area contributed by atoms with E-state index in [2.05, 4.69) is 44.1 Å². The van der Waals surface area contributed by atoms with Crippen molar-refractivity contribution in [3.63, 3.8) is 0 Å². The number of amides is 8. The van der Waals surface area contributed by atoms with Crippen molar-refractivity contribution in [1.29, 1.82) is 0 Å². The number of unbranched alkanes of at least 4 members (excludes halogenated alkanes) is 3. The lowest BCUT2D eigenvalue weighted by Crippen LogP contribution is -2.62. The number of hydrogen-bond acceptors (Lipinski definition) is 12. The Morgan fingerprint density at radius 3 is 1.86 bits per heavy atom. The number of Topliss-reactive ketones (excluding diaryl/α,β-unsaturated/α-hetero) is 1. The molecule has 0 saturated heterocycles. The van der Waals surface area contributed by atoms with Crippen molar-refractivity contribution >= 4 is 53.0 Å². The lowest BCUT2D eigenvalue weighted by Gasteiger charge is -2.31. The minimum atomic E-state index is -1.78. The number of carbonyl (C=O) groups excluding carboxylic acids is 9. The van der Waals surface area contributed by atoms with Gasteiger partial charge in [0.25, 0.3) is 17.7 Å². The Bertz CT molecular complexity index is 1620. The van der Waals surface area contributed by atoms with E-state index in [0.717, 1.165) is 49.6 Å². The molecule has 7 atom stereocenters. The van der Waals surface area contributed by atoms with E-state index in [9.17, 15) is 53.4 Å². The van der Waals surface area contributed by atoms with Crippen LogP contribution in [0.25, 0.3) is 0 Å². The number of carbonyl (C=O) groups is 9. The predicted octanol–water partition coefficient (Wildman–Crippen LogP) is -2.52. The average Bonchev–Trinajstić information content (AvgIpc) is 3.18. The lowest BCUT2D eigenvalue weighted by atomic mass is 10.0. The molecule has 0 bridgehead atoms. The summed E-state index contributed by atoms with van der Waals surface area (Å²) in [6.45, 7) is 7.98. The summed E-state index contributed by atoms with van der Waals surface area (Å²) in [5.41, 5.74) is 7.25. The number of ketones is 1. The van der Waals surface area contributed by atoms with E-state index in [-0.39, 0.29) is 17.9 Å². The van der Waals surface area contributed by atoms with Crippen LogP contribution in [-0.4, -0.2) is 138 Å². The molecule has 0 aromatic heterocycles. The number of rotatable bonds is 25. The Balaban J connectivity index is 2.80. The van der Waals surface area contributed by atoms with Crippen LogP contribution in [0.5, 0.6) is 0 Å². The maximum Gasteiger partial charge on any atom is 0.289 e. The molecule has 20 heteroatoms. The largest absolute Gasteiger partial charge is 0.394 e. The van der Waals surface area contributed by atoms with E-state index in [0.29, 0.717) is 0 Å².